The van der Waals surface area contributed by atoms with E-state index in [1.165, 1.54) is 11.8 Å². The average Bonchev–Trinajstić information content (AvgIpc) is 2.52. The molecular weight excluding hydrogens is 360 g/mol. The Morgan fingerprint density at radius 3 is 2.59 bits per heavy atom. The maximum atomic E-state index is 11.9. The number of nitrogens with one attached hydrogen (secondary N) is 1. The minimum absolute atomic E-state index is 0.0446. The third-order valence-corrected chi connectivity index (χ3v) is 4.64. The summed E-state index contributed by atoms with van der Waals surface area (Å²) in [6.07, 6.45) is 0. The number of carbonyl (C=O) groups is 1. The van der Waals surface area contributed by atoms with E-state index in [0.29, 0.717) is 12.3 Å². The number of amides is 1. The summed E-state index contributed by atoms with van der Waals surface area (Å²) < 4.78 is 1.04. The second-order valence-electron chi connectivity index (χ2n) is 5.08. The standard InChI is InChI=1S/C17H19BrN2OS/c1-20(2)15-5-3-4-13(10-15)11-19-17(21)12-22-16-8-6-14(18)7-9-16/h3-10H,11-12H2,1-2H3,(H,19,21). The summed E-state index contributed by atoms with van der Waals surface area (Å²) in [5.74, 6) is 0.470. The lowest BCUT2D eigenvalue weighted by molar-refractivity contribution is -0.118. The van der Waals surface area contributed by atoms with Crippen molar-refractivity contribution in [1.82, 2.24) is 5.32 Å². The van der Waals surface area contributed by atoms with E-state index in [1.807, 2.05) is 50.5 Å². The zero-order valence-electron chi connectivity index (χ0n) is 12.7. The summed E-state index contributed by atoms with van der Waals surface area (Å²) in [5.41, 5.74) is 2.24. The Balaban J connectivity index is 1.80. The molecule has 1 N–H and O–H groups in total. The fourth-order valence-corrected chi connectivity index (χ4v) is 2.87. The first-order valence-corrected chi connectivity index (χ1v) is 8.74. The van der Waals surface area contributed by atoms with Crippen molar-refractivity contribution >= 4 is 39.3 Å². The van der Waals surface area contributed by atoms with Crippen molar-refractivity contribution in [1.29, 1.82) is 0 Å². The monoisotopic (exact) mass is 378 g/mol. The zero-order chi connectivity index (χ0) is 15.9. The van der Waals surface area contributed by atoms with E-state index >= 15 is 0 Å². The minimum atomic E-state index is 0.0446. The van der Waals surface area contributed by atoms with Crippen LogP contribution in [0.5, 0.6) is 0 Å². The van der Waals surface area contributed by atoms with Crippen LogP contribution in [0, 0.1) is 0 Å². The third-order valence-electron chi connectivity index (χ3n) is 3.10. The molecule has 0 saturated heterocycles. The molecule has 22 heavy (non-hydrogen) atoms. The largest absolute Gasteiger partial charge is 0.378 e. The quantitative estimate of drug-likeness (QED) is 0.773. The van der Waals surface area contributed by atoms with Gasteiger partial charge in [0.15, 0.2) is 0 Å². The summed E-state index contributed by atoms with van der Waals surface area (Å²) in [5, 5.41) is 2.96. The summed E-state index contributed by atoms with van der Waals surface area (Å²) in [6, 6.07) is 16.1. The molecule has 0 unspecified atom stereocenters. The lowest BCUT2D eigenvalue weighted by atomic mass is 10.2. The number of rotatable bonds is 6. The molecule has 0 aliphatic heterocycles. The van der Waals surface area contributed by atoms with Gasteiger partial charge in [-0.05, 0) is 42.0 Å². The summed E-state index contributed by atoms with van der Waals surface area (Å²) in [6.45, 7) is 0.557. The maximum absolute atomic E-state index is 11.9. The van der Waals surface area contributed by atoms with Crippen LogP contribution in [0.2, 0.25) is 0 Å². The van der Waals surface area contributed by atoms with Gasteiger partial charge in [-0.2, -0.15) is 0 Å². The van der Waals surface area contributed by atoms with Gasteiger partial charge in [-0.3, -0.25) is 4.79 Å². The number of benzene rings is 2. The predicted molar refractivity (Wildman–Crippen MR) is 97.5 cm³/mol. The molecule has 0 atom stereocenters. The second kappa shape index (κ2) is 8.25. The summed E-state index contributed by atoms with van der Waals surface area (Å²) >= 11 is 4.94. The molecule has 0 heterocycles. The van der Waals surface area contributed by atoms with Crippen molar-refractivity contribution in [3.63, 3.8) is 0 Å². The first kappa shape index (κ1) is 16.9. The van der Waals surface area contributed by atoms with Crippen LogP contribution in [-0.2, 0) is 11.3 Å². The Bertz CT molecular complexity index is 629. The smallest absolute Gasteiger partial charge is 0.230 e. The van der Waals surface area contributed by atoms with Crippen LogP contribution in [0.1, 0.15) is 5.56 Å². The average molecular weight is 379 g/mol. The fraction of sp³-hybridized carbons (Fsp3) is 0.235. The number of hydrogen-bond acceptors (Lipinski definition) is 3. The molecule has 3 nitrogen and oxygen atoms in total. The molecule has 0 spiro atoms. The molecule has 2 rings (SSSR count). The number of hydrogen-bond donors (Lipinski definition) is 1. The van der Waals surface area contributed by atoms with Crippen LogP contribution >= 0.6 is 27.7 Å². The zero-order valence-corrected chi connectivity index (χ0v) is 15.1. The van der Waals surface area contributed by atoms with Gasteiger partial charge in [0.2, 0.25) is 5.91 Å². The number of anilines is 1. The molecule has 0 radical (unpaired) electrons. The van der Waals surface area contributed by atoms with Gasteiger partial charge >= 0.3 is 0 Å². The highest BCUT2D eigenvalue weighted by atomic mass is 79.9. The molecule has 0 aliphatic rings. The molecule has 5 heteroatoms. The highest BCUT2D eigenvalue weighted by Gasteiger charge is 2.04. The van der Waals surface area contributed by atoms with Crippen LogP contribution in [0.15, 0.2) is 57.9 Å². The van der Waals surface area contributed by atoms with E-state index in [0.717, 1.165) is 20.6 Å². The highest BCUT2D eigenvalue weighted by molar-refractivity contribution is 9.10. The van der Waals surface area contributed by atoms with Crippen molar-refractivity contribution in [3.8, 4) is 0 Å². The molecule has 0 aliphatic carbocycles. The van der Waals surface area contributed by atoms with Gasteiger partial charge in [-0.1, -0.05) is 28.1 Å². The number of carbonyl (C=O) groups excluding carboxylic acids is 1. The van der Waals surface area contributed by atoms with Gasteiger partial charge in [0.1, 0.15) is 0 Å². The first-order valence-electron chi connectivity index (χ1n) is 6.96. The fourth-order valence-electron chi connectivity index (χ4n) is 1.88. The Morgan fingerprint density at radius 1 is 1.18 bits per heavy atom. The van der Waals surface area contributed by atoms with E-state index in [1.54, 1.807) is 0 Å². The highest BCUT2D eigenvalue weighted by Crippen LogP contribution is 2.20. The molecule has 0 bridgehead atoms. The topological polar surface area (TPSA) is 32.3 Å². The van der Waals surface area contributed by atoms with Gasteiger partial charge in [-0.15, -0.1) is 11.8 Å². The van der Waals surface area contributed by atoms with Gasteiger partial charge in [0.05, 0.1) is 5.75 Å². The van der Waals surface area contributed by atoms with E-state index in [-0.39, 0.29) is 5.91 Å². The summed E-state index contributed by atoms with van der Waals surface area (Å²) in [4.78, 5) is 15.1. The van der Waals surface area contributed by atoms with E-state index in [9.17, 15) is 4.79 Å². The molecule has 0 fully saturated rings. The first-order chi connectivity index (χ1) is 10.5. The SMILES string of the molecule is CN(C)c1cccc(CNC(=O)CSc2ccc(Br)cc2)c1. The second-order valence-corrected chi connectivity index (χ2v) is 7.05. The van der Waals surface area contributed by atoms with Crippen molar-refractivity contribution in [2.24, 2.45) is 0 Å². The Hall–Kier alpha value is -1.46. The van der Waals surface area contributed by atoms with Crippen LogP contribution in [-0.4, -0.2) is 25.8 Å². The lowest BCUT2D eigenvalue weighted by Gasteiger charge is -2.13. The molecular formula is C17H19BrN2OS. The Morgan fingerprint density at radius 2 is 1.91 bits per heavy atom. The lowest BCUT2D eigenvalue weighted by Crippen LogP contribution is -2.24. The third kappa shape index (κ3) is 5.39. The molecule has 0 aromatic heterocycles. The van der Waals surface area contributed by atoms with Crippen molar-refractivity contribution in [2.75, 3.05) is 24.7 Å². The van der Waals surface area contributed by atoms with E-state index in [4.69, 9.17) is 0 Å². The normalized spacial score (nSPS) is 10.3. The van der Waals surface area contributed by atoms with E-state index in [2.05, 4.69) is 38.3 Å². The molecule has 0 saturated carbocycles. The van der Waals surface area contributed by atoms with E-state index < -0.39 is 0 Å². The van der Waals surface area contributed by atoms with Crippen molar-refractivity contribution in [2.45, 2.75) is 11.4 Å². The maximum Gasteiger partial charge on any atom is 0.230 e. The Labute approximate surface area is 144 Å². The Kier molecular flexibility index (Phi) is 6.34. The van der Waals surface area contributed by atoms with Crippen LogP contribution < -0.4 is 10.2 Å². The number of halogens is 1. The van der Waals surface area contributed by atoms with Gasteiger partial charge in [0.25, 0.3) is 0 Å². The minimum Gasteiger partial charge on any atom is -0.378 e. The van der Waals surface area contributed by atoms with Crippen molar-refractivity contribution in [3.05, 3.63) is 58.6 Å². The molecule has 116 valence electrons. The summed E-state index contributed by atoms with van der Waals surface area (Å²) in [7, 11) is 4.01. The van der Waals surface area contributed by atoms with Gasteiger partial charge in [-0.25, -0.2) is 0 Å². The van der Waals surface area contributed by atoms with Gasteiger partial charge < -0.3 is 10.2 Å². The molecule has 2 aromatic rings. The predicted octanol–water partition coefficient (Wildman–Crippen LogP) is 3.92. The van der Waals surface area contributed by atoms with Crippen molar-refractivity contribution < 1.29 is 4.79 Å². The molecule has 2 aromatic carbocycles. The molecule has 1 amide bonds. The van der Waals surface area contributed by atoms with Gasteiger partial charge in [0, 0.05) is 35.7 Å². The number of thioether (sulfide) groups is 1. The van der Waals surface area contributed by atoms with Crippen LogP contribution in [0.4, 0.5) is 5.69 Å². The number of nitrogens with zero attached hydrogens (tertiary/aromatic N) is 1. The van der Waals surface area contributed by atoms with Crippen LogP contribution in [0.25, 0.3) is 0 Å². The van der Waals surface area contributed by atoms with Crippen LogP contribution in [0.3, 0.4) is 0 Å².